The molecule has 0 aliphatic carbocycles. The molecule has 0 saturated heterocycles. The van der Waals surface area contributed by atoms with Crippen molar-refractivity contribution in [1.82, 2.24) is 5.16 Å². The third-order valence-corrected chi connectivity index (χ3v) is 1.92. The molecule has 4 nitrogen and oxygen atoms in total. The van der Waals surface area contributed by atoms with Crippen LogP contribution in [0.2, 0.25) is 0 Å². The Morgan fingerprint density at radius 3 is 2.73 bits per heavy atom. The zero-order valence-electron chi connectivity index (χ0n) is 8.03. The van der Waals surface area contributed by atoms with E-state index in [4.69, 9.17) is 15.0 Å². The van der Waals surface area contributed by atoms with E-state index in [2.05, 4.69) is 5.16 Å². The minimum Gasteiger partial charge on any atom is -0.497 e. The Hall–Kier alpha value is -2.04. The molecule has 0 saturated carbocycles. The normalized spacial score (nSPS) is 10.3. The monoisotopic (exact) mass is 208 g/mol. The number of hydrogen-bond donors (Lipinski definition) is 1. The summed E-state index contributed by atoms with van der Waals surface area (Å²) in [6.45, 7) is 0. The first-order valence-electron chi connectivity index (χ1n) is 4.26. The van der Waals surface area contributed by atoms with Crippen molar-refractivity contribution in [2.75, 3.05) is 12.8 Å². The SMILES string of the molecule is COc1cc(F)cc(-c2cc(N)no2)c1. The number of rotatable bonds is 2. The number of hydrogen-bond acceptors (Lipinski definition) is 4. The average molecular weight is 208 g/mol. The van der Waals surface area contributed by atoms with E-state index in [0.29, 0.717) is 17.1 Å². The Labute approximate surface area is 85.4 Å². The molecule has 5 heteroatoms. The van der Waals surface area contributed by atoms with Gasteiger partial charge in [0.15, 0.2) is 11.6 Å². The van der Waals surface area contributed by atoms with Gasteiger partial charge < -0.3 is 15.0 Å². The molecule has 2 rings (SSSR count). The third-order valence-electron chi connectivity index (χ3n) is 1.92. The molecule has 0 aliphatic rings. The second-order valence-electron chi connectivity index (χ2n) is 3.00. The zero-order valence-corrected chi connectivity index (χ0v) is 8.03. The van der Waals surface area contributed by atoms with Gasteiger partial charge in [-0.25, -0.2) is 4.39 Å². The van der Waals surface area contributed by atoms with Gasteiger partial charge in [-0.1, -0.05) is 5.16 Å². The number of nitrogens with two attached hydrogens (primary N) is 1. The summed E-state index contributed by atoms with van der Waals surface area (Å²) in [6.07, 6.45) is 0. The Kier molecular flexibility index (Phi) is 2.29. The first-order chi connectivity index (χ1) is 7.19. The van der Waals surface area contributed by atoms with Gasteiger partial charge in [0.25, 0.3) is 0 Å². The van der Waals surface area contributed by atoms with Gasteiger partial charge in [0, 0.05) is 17.7 Å². The van der Waals surface area contributed by atoms with Crippen LogP contribution in [-0.2, 0) is 0 Å². The number of halogens is 1. The maximum atomic E-state index is 13.1. The average Bonchev–Trinajstić information content (AvgIpc) is 2.64. The minimum atomic E-state index is -0.403. The van der Waals surface area contributed by atoms with Crippen molar-refractivity contribution in [3.63, 3.8) is 0 Å². The van der Waals surface area contributed by atoms with Gasteiger partial charge in [-0.05, 0) is 12.1 Å². The van der Waals surface area contributed by atoms with Crippen LogP contribution in [0.4, 0.5) is 10.2 Å². The van der Waals surface area contributed by atoms with E-state index in [-0.39, 0.29) is 5.82 Å². The molecule has 0 aliphatic heterocycles. The lowest BCUT2D eigenvalue weighted by Crippen LogP contribution is -1.86. The maximum Gasteiger partial charge on any atom is 0.169 e. The molecule has 0 amide bonds. The summed E-state index contributed by atoms with van der Waals surface area (Å²) in [5, 5.41) is 3.52. The number of ether oxygens (including phenoxy) is 1. The molecule has 78 valence electrons. The highest BCUT2D eigenvalue weighted by Gasteiger charge is 2.08. The van der Waals surface area contributed by atoms with Crippen molar-refractivity contribution in [1.29, 1.82) is 0 Å². The summed E-state index contributed by atoms with van der Waals surface area (Å²) in [6, 6.07) is 5.77. The Bertz CT molecular complexity index is 482. The molecular weight excluding hydrogens is 199 g/mol. The molecule has 15 heavy (non-hydrogen) atoms. The smallest absolute Gasteiger partial charge is 0.169 e. The third kappa shape index (κ3) is 1.90. The molecule has 0 bridgehead atoms. The van der Waals surface area contributed by atoms with Crippen molar-refractivity contribution in [3.8, 4) is 17.1 Å². The number of benzene rings is 1. The highest BCUT2D eigenvalue weighted by molar-refractivity contribution is 5.61. The first kappa shape index (κ1) is 9.51. The van der Waals surface area contributed by atoms with Crippen LogP contribution < -0.4 is 10.5 Å². The van der Waals surface area contributed by atoms with Crippen LogP contribution >= 0.6 is 0 Å². The molecule has 2 N–H and O–H groups in total. The van der Waals surface area contributed by atoms with Gasteiger partial charge in [-0.3, -0.25) is 0 Å². The summed E-state index contributed by atoms with van der Waals surface area (Å²) in [7, 11) is 1.47. The molecule has 1 aromatic carbocycles. The summed E-state index contributed by atoms with van der Waals surface area (Å²) < 4.78 is 23.0. The van der Waals surface area contributed by atoms with Crippen LogP contribution in [0.15, 0.2) is 28.8 Å². The second-order valence-corrected chi connectivity index (χ2v) is 3.00. The highest BCUT2D eigenvalue weighted by atomic mass is 19.1. The summed E-state index contributed by atoms with van der Waals surface area (Å²) in [5.41, 5.74) is 5.93. The van der Waals surface area contributed by atoms with Gasteiger partial charge in [-0.15, -0.1) is 0 Å². The molecule has 0 atom stereocenters. The van der Waals surface area contributed by atoms with Crippen LogP contribution in [0.3, 0.4) is 0 Å². The van der Waals surface area contributed by atoms with Crippen molar-refractivity contribution in [2.24, 2.45) is 0 Å². The van der Waals surface area contributed by atoms with Crippen LogP contribution in [0.25, 0.3) is 11.3 Å². The molecule has 1 heterocycles. The lowest BCUT2D eigenvalue weighted by molar-refractivity contribution is 0.410. The van der Waals surface area contributed by atoms with E-state index < -0.39 is 5.82 Å². The largest absolute Gasteiger partial charge is 0.497 e. The number of anilines is 1. The quantitative estimate of drug-likeness (QED) is 0.820. The standard InChI is InChI=1S/C10H9FN2O2/c1-14-8-3-6(2-7(11)4-8)9-5-10(12)13-15-9/h2-5H,1H3,(H2,12,13). The summed E-state index contributed by atoms with van der Waals surface area (Å²) in [5.74, 6) is 0.679. The van der Waals surface area contributed by atoms with Crippen molar-refractivity contribution in [3.05, 3.63) is 30.1 Å². The van der Waals surface area contributed by atoms with E-state index in [1.807, 2.05) is 0 Å². The van der Waals surface area contributed by atoms with Crippen molar-refractivity contribution in [2.45, 2.75) is 0 Å². The predicted molar refractivity (Wildman–Crippen MR) is 52.9 cm³/mol. The fourth-order valence-electron chi connectivity index (χ4n) is 1.25. The first-order valence-corrected chi connectivity index (χ1v) is 4.26. The lowest BCUT2D eigenvalue weighted by atomic mass is 10.1. The van der Waals surface area contributed by atoms with E-state index >= 15 is 0 Å². The number of methoxy groups -OCH3 is 1. The van der Waals surface area contributed by atoms with Gasteiger partial charge in [0.1, 0.15) is 11.6 Å². The Balaban J connectivity index is 2.48. The molecule has 1 aromatic heterocycles. The minimum absolute atomic E-state index is 0.258. The van der Waals surface area contributed by atoms with Gasteiger partial charge in [0.2, 0.25) is 0 Å². The fourth-order valence-corrected chi connectivity index (χ4v) is 1.25. The van der Waals surface area contributed by atoms with Crippen molar-refractivity contribution < 1.29 is 13.7 Å². The summed E-state index contributed by atoms with van der Waals surface area (Å²) in [4.78, 5) is 0. The van der Waals surface area contributed by atoms with Gasteiger partial charge in [-0.2, -0.15) is 0 Å². The Morgan fingerprint density at radius 2 is 2.13 bits per heavy atom. The molecule has 0 unspecified atom stereocenters. The van der Waals surface area contributed by atoms with E-state index in [9.17, 15) is 4.39 Å². The number of nitrogens with zero attached hydrogens (tertiary/aromatic N) is 1. The van der Waals surface area contributed by atoms with Gasteiger partial charge in [0.05, 0.1) is 7.11 Å². The zero-order chi connectivity index (χ0) is 10.8. The van der Waals surface area contributed by atoms with E-state index in [1.165, 1.54) is 25.3 Å². The molecule has 0 fully saturated rings. The van der Waals surface area contributed by atoms with Crippen LogP contribution in [0, 0.1) is 5.82 Å². The number of aromatic nitrogens is 1. The molecule has 0 radical (unpaired) electrons. The molecule has 2 aromatic rings. The topological polar surface area (TPSA) is 61.3 Å². The van der Waals surface area contributed by atoms with E-state index in [0.717, 1.165) is 0 Å². The Morgan fingerprint density at radius 1 is 1.33 bits per heavy atom. The van der Waals surface area contributed by atoms with Crippen molar-refractivity contribution >= 4 is 5.82 Å². The summed E-state index contributed by atoms with van der Waals surface area (Å²) >= 11 is 0. The molecule has 0 spiro atoms. The van der Waals surface area contributed by atoms with E-state index in [1.54, 1.807) is 6.07 Å². The number of nitrogen functional groups attached to an aromatic ring is 1. The van der Waals surface area contributed by atoms with Crippen LogP contribution in [0.5, 0.6) is 5.75 Å². The van der Waals surface area contributed by atoms with Gasteiger partial charge >= 0.3 is 0 Å². The second kappa shape index (κ2) is 3.61. The maximum absolute atomic E-state index is 13.1. The lowest BCUT2D eigenvalue weighted by Gasteiger charge is -2.01. The fraction of sp³-hybridized carbons (Fsp3) is 0.100. The molecular formula is C10H9FN2O2. The van der Waals surface area contributed by atoms with Crippen LogP contribution in [-0.4, -0.2) is 12.3 Å². The van der Waals surface area contributed by atoms with Crippen LogP contribution in [0.1, 0.15) is 0 Å². The highest BCUT2D eigenvalue weighted by Crippen LogP contribution is 2.26. The predicted octanol–water partition coefficient (Wildman–Crippen LogP) is 2.07.